The number of hydrogen-bond donors (Lipinski definition) is 3. The van der Waals surface area contributed by atoms with Gasteiger partial charge in [0.1, 0.15) is 11.4 Å². The summed E-state index contributed by atoms with van der Waals surface area (Å²) < 4.78 is 5.15. The van der Waals surface area contributed by atoms with Crippen LogP contribution in [0.1, 0.15) is 35.5 Å². The minimum Gasteiger partial charge on any atom is -0.390 e. The molecule has 1 aliphatic carbocycles. The number of aliphatic hydroxyl groups is 1. The van der Waals surface area contributed by atoms with Crippen LogP contribution in [0.2, 0.25) is 0 Å². The first-order chi connectivity index (χ1) is 10.6. The van der Waals surface area contributed by atoms with Crippen LogP contribution in [0, 0.1) is 6.92 Å². The van der Waals surface area contributed by atoms with Gasteiger partial charge in [0, 0.05) is 12.8 Å². The van der Waals surface area contributed by atoms with Crippen LogP contribution in [-0.2, 0) is 12.8 Å². The number of amides is 2. The van der Waals surface area contributed by atoms with E-state index in [1.807, 2.05) is 31.2 Å². The van der Waals surface area contributed by atoms with Crippen LogP contribution in [0.5, 0.6) is 0 Å². The lowest BCUT2D eigenvalue weighted by atomic mass is 10.1. The molecule has 0 saturated heterocycles. The maximum atomic E-state index is 12.2. The molecule has 0 aliphatic heterocycles. The number of carbonyl (C=O) groups excluding carboxylic acids is 1. The van der Waals surface area contributed by atoms with Gasteiger partial charge >= 0.3 is 6.03 Å². The zero-order valence-electron chi connectivity index (χ0n) is 12.6. The number of aliphatic hydroxyl groups excluding tert-OH is 1. The number of hydrogen-bond acceptors (Lipinski definition) is 4. The third-order valence-corrected chi connectivity index (χ3v) is 3.98. The summed E-state index contributed by atoms with van der Waals surface area (Å²) in [6.45, 7) is 3.71. The number of carbonyl (C=O) groups is 1. The standard InChI is InChI=1S/C16H19N3O3/c1-3-13-14(9(2)19-22-13)17-16(21)18-15-11-7-5-4-6-10(11)8-12(15)20/h4-7,12,15,20H,3,8H2,1-2H3,(H2,17,18,21)/t12-,15+/m1/s1. The van der Waals surface area contributed by atoms with Gasteiger partial charge in [0.2, 0.25) is 0 Å². The summed E-state index contributed by atoms with van der Waals surface area (Å²) in [7, 11) is 0. The van der Waals surface area contributed by atoms with Crippen LogP contribution in [0.15, 0.2) is 28.8 Å². The number of nitrogens with one attached hydrogen (secondary N) is 2. The molecule has 0 unspecified atom stereocenters. The molecular formula is C16H19N3O3. The van der Waals surface area contributed by atoms with Gasteiger partial charge in [-0.25, -0.2) is 4.79 Å². The molecule has 1 aromatic carbocycles. The molecule has 2 aromatic rings. The van der Waals surface area contributed by atoms with Gasteiger partial charge in [0.05, 0.1) is 12.1 Å². The number of anilines is 1. The maximum Gasteiger partial charge on any atom is 0.319 e. The molecule has 2 atom stereocenters. The van der Waals surface area contributed by atoms with Crippen LogP contribution < -0.4 is 10.6 Å². The Hall–Kier alpha value is -2.34. The second-order valence-corrected chi connectivity index (χ2v) is 5.47. The molecule has 0 fully saturated rings. The van der Waals surface area contributed by atoms with Gasteiger partial charge < -0.3 is 20.3 Å². The Morgan fingerprint density at radius 1 is 1.45 bits per heavy atom. The lowest BCUT2D eigenvalue weighted by Crippen LogP contribution is -2.37. The van der Waals surface area contributed by atoms with Gasteiger partial charge in [-0.1, -0.05) is 36.3 Å². The number of rotatable bonds is 3. The number of fused-ring (bicyclic) bond motifs is 1. The third-order valence-electron chi connectivity index (χ3n) is 3.98. The molecule has 0 bridgehead atoms. The quantitative estimate of drug-likeness (QED) is 0.812. The van der Waals surface area contributed by atoms with E-state index in [2.05, 4.69) is 15.8 Å². The average Bonchev–Trinajstić information content (AvgIpc) is 3.01. The number of benzene rings is 1. The Morgan fingerprint density at radius 3 is 3.00 bits per heavy atom. The van der Waals surface area contributed by atoms with E-state index < -0.39 is 12.1 Å². The van der Waals surface area contributed by atoms with E-state index in [1.165, 1.54) is 0 Å². The van der Waals surface area contributed by atoms with Crippen molar-refractivity contribution in [3.05, 3.63) is 46.8 Å². The Kier molecular flexibility index (Phi) is 3.85. The summed E-state index contributed by atoms with van der Waals surface area (Å²) in [6.07, 6.45) is 0.580. The second kappa shape index (κ2) is 5.81. The second-order valence-electron chi connectivity index (χ2n) is 5.47. The normalized spacial score (nSPS) is 19.8. The lowest BCUT2D eigenvalue weighted by Gasteiger charge is -2.18. The fourth-order valence-electron chi connectivity index (χ4n) is 2.86. The summed E-state index contributed by atoms with van der Waals surface area (Å²) in [5, 5.41) is 19.6. The minimum absolute atomic E-state index is 0.373. The number of aryl methyl sites for hydroxylation is 2. The molecule has 0 spiro atoms. The summed E-state index contributed by atoms with van der Waals surface area (Å²) >= 11 is 0. The highest BCUT2D eigenvalue weighted by Gasteiger charge is 2.32. The Labute approximate surface area is 128 Å². The zero-order chi connectivity index (χ0) is 15.7. The van der Waals surface area contributed by atoms with Crippen LogP contribution in [0.25, 0.3) is 0 Å². The molecule has 0 radical (unpaired) electrons. The highest BCUT2D eigenvalue weighted by Crippen LogP contribution is 2.31. The van der Waals surface area contributed by atoms with Crippen molar-refractivity contribution in [3.8, 4) is 0 Å². The first-order valence-electron chi connectivity index (χ1n) is 7.38. The molecule has 3 N–H and O–H groups in total. The van der Waals surface area contributed by atoms with Gasteiger partial charge in [-0.3, -0.25) is 0 Å². The molecule has 1 aromatic heterocycles. The van der Waals surface area contributed by atoms with Crippen molar-refractivity contribution < 1.29 is 14.4 Å². The van der Waals surface area contributed by atoms with E-state index in [0.717, 1.165) is 11.1 Å². The van der Waals surface area contributed by atoms with Crippen LogP contribution in [0.3, 0.4) is 0 Å². The third kappa shape index (κ3) is 2.57. The van der Waals surface area contributed by atoms with Crippen LogP contribution >= 0.6 is 0 Å². The fourth-order valence-corrected chi connectivity index (χ4v) is 2.86. The largest absolute Gasteiger partial charge is 0.390 e. The summed E-state index contributed by atoms with van der Waals surface area (Å²) in [4.78, 5) is 12.2. The van der Waals surface area contributed by atoms with E-state index >= 15 is 0 Å². The molecule has 0 saturated carbocycles. The molecule has 1 aliphatic rings. The zero-order valence-corrected chi connectivity index (χ0v) is 12.6. The van der Waals surface area contributed by atoms with Gasteiger partial charge in [0.25, 0.3) is 0 Å². The maximum absolute atomic E-state index is 12.2. The van der Waals surface area contributed by atoms with Crippen molar-refractivity contribution in [1.82, 2.24) is 10.5 Å². The van der Waals surface area contributed by atoms with Crippen molar-refractivity contribution in [3.63, 3.8) is 0 Å². The predicted molar refractivity (Wildman–Crippen MR) is 81.7 cm³/mol. The van der Waals surface area contributed by atoms with Crippen molar-refractivity contribution in [2.24, 2.45) is 0 Å². The molecule has 22 heavy (non-hydrogen) atoms. The number of urea groups is 1. The first-order valence-corrected chi connectivity index (χ1v) is 7.38. The van der Waals surface area contributed by atoms with Crippen molar-refractivity contribution in [1.29, 1.82) is 0 Å². The van der Waals surface area contributed by atoms with Crippen molar-refractivity contribution in [2.75, 3.05) is 5.32 Å². The Morgan fingerprint density at radius 2 is 2.23 bits per heavy atom. The highest BCUT2D eigenvalue weighted by molar-refractivity contribution is 5.90. The highest BCUT2D eigenvalue weighted by atomic mass is 16.5. The molecule has 3 rings (SSSR count). The fraction of sp³-hybridized carbons (Fsp3) is 0.375. The van der Waals surface area contributed by atoms with E-state index in [1.54, 1.807) is 6.92 Å². The molecule has 6 nitrogen and oxygen atoms in total. The molecule has 116 valence electrons. The summed E-state index contributed by atoms with van der Waals surface area (Å²) in [5.74, 6) is 0.639. The topological polar surface area (TPSA) is 87.4 Å². The molecule has 2 amide bonds. The average molecular weight is 301 g/mol. The number of aromatic nitrogens is 1. The lowest BCUT2D eigenvalue weighted by molar-refractivity contribution is 0.144. The molecular weight excluding hydrogens is 282 g/mol. The predicted octanol–water partition coefficient (Wildman–Crippen LogP) is 2.33. The van der Waals surface area contributed by atoms with Crippen molar-refractivity contribution in [2.45, 2.75) is 38.8 Å². The Bertz CT molecular complexity index is 696. The monoisotopic (exact) mass is 301 g/mol. The minimum atomic E-state index is -0.614. The van der Waals surface area contributed by atoms with E-state index in [9.17, 15) is 9.90 Å². The number of nitrogens with zero attached hydrogens (tertiary/aromatic N) is 1. The Balaban J connectivity index is 1.74. The summed E-state index contributed by atoms with van der Waals surface area (Å²) in [6, 6.07) is 6.96. The molecule has 6 heteroatoms. The smallest absolute Gasteiger partial charge is 0.319 e. The van der Waals surface area contributed by atoms with Crippen LogP contribution in [0.4, 0.5) is 10.5 Å². The van der Waals surface area contributed by atoms with E-state index in [-0.39, 0.29) is 6.03 Å². The van der Waals surface area contributed by atoms with Gasteiger partial charge in [-0.15, -0.1) is 0 Å². The SMILES string of the molecule is CCc1onc(C)c1NC(=O)N[C@H]1c2ccccc2C[C@H]1O. The van der Waals surface area contributed by atoms with Gasteiger partial charge in [-0.05, 0) is 18.1 Å². The first kappa shape index (κ1) is 14.6. The molecule has 1 heterocycles. The van der Waals surface area contributed by atoms with E-state index in [0.29, 0.717) is 30.0 Å². The van der Waals surface area contributed by atoms with Crippen LogP contribution in [-0.4, -0.2) is 22.4 Å². The summed E-state index contributed by atoms with van der Waals surface area (Å²) in [5.41, 5.74) is 3.26. The van der Waals surface area contributed by atoms with Gasteiger partial charge in [-0.2, -0.15) is 0 Å². The van der Waals surface area contributed by atoms with Crippen molar-refractivity contribution >= 4 is 11.7 Å². The van der Waals surface area contributed by atoms with Gasteiger partial charge in [0.15, 0.2) is 5.76 Å². The van der Waals surface area contributed by atoms with E-state index in [4.69, 9.17) is 4.52 Å².